The van der Waals surface area contributed by atoms with Crippen molar-refractivity contribution in [3.05, 3.63) is 50.4 Å². The van der Waals surface area contributed by atoms with E-state index in [-0.39, 0.29) is 0 Å². The molecule has 0 aliphatic rings. The third-order valence-corrected chi connectivity index (χ3v) is 3.33. The van der Waals surface area contributed by atoms with Crippen LogP contribution in [0, 0.1) is 3.57 Å². The second-order valence-corrected chi connectivity index (χ2v) is 5.03. The molecule has 0 aliphatic carbocycles. The van der Waals surface area contributed by atoms with Gasteiger partial charge in [0, 0.05) is 27.6 Å². The highest BCUT2D eigenvalue weighted by Crippen LogP contribution is 2.15. The average molecular weight is 391 g/mol. The van der Waals surface area contributed by atoms with Gasteiger partial charge >= 0.3 is 0 Å². The van der Waals surface area contributed by atoms with Crippen molar-refractivity contribution >= 4 is 38.5 Å². The summed E-state index contributed by atoms with van der Waals surface area (Å²) < 4.78 is 7.45. The Labute approximate surface area is 116 Å². The van der Waals surface area contributed by atoms with Gasteiger partial charge in [-0.3, -0.25) is 4.98 Å². The maximum absolute atomic E-state index is 5.58. The van der Waals surface area contributed by atoms with Gasteiger partial charge in [-0.15, -0.1) is 0 Å². The van der Waals surface area contributed by atoms with E-state index >= 15 is 0 Å². The quantitative estimate of drug-likeness (QED) is 0.595. The number of pyridine rings is 2. The Balaban J connectivity index is 2.05. The lowest BCUT2D eigenvalue weighted by atomic mass is 10.3. The maximum Gasteiger partial charge on any atom is 0.214 e. The molecule has 5 heteroatoms. The minimum Gasteiger partial charge on any atom is -0.473 e. The SMILES string of the molecule is Brc1cccc(OCc2ccncc2I)n1. The van der Waals surface area contributed by atoms with E-state index in [0.29, 0.717) is 12.5 Å². The molecule has 0 unspecified atom stereocenters. The van der Waals surface area contributed by atoms with Crippen molar-refractivity contribution in [1.29, 1.82) is 0 Å². The van der Waals surface area contributed by atoms with Gasteiger partial charge in [0.05, 0.1) is 0 Å². The molecule has 0 saturated heterocycles. The van der Waals surface area contributed by atoms with Crippen molar-refractivity contribution < 1.29 is 4.74 Å². The third-order valence-electron chi connectivity index (χ3n) is 1.92. The predicted molar refractivity (Wildman–Crippen MR) is 73.2 cm³/mol. The highest BCUT2D eigenvalue weighted by atomic mass is 127. The van der Waals surface area contributed by atoms with Crippen LogP contribution in [0.5, 0.6) is 5.88 Å². The zero-order valence-electron chi connectivity index (χ0n) is 8.23. The Bertz CT molecular complexity index is 493. The summed E-state index contributed by atoms with van der Waals surface area (Å²) in [4.78, 5) is 8.22. The van der Waals surface area contributed by atoms with Gasteiger partial charge in [-0.25, -0.2) is 4.98 Å². The first-order valence-electron chi connectivity index (χ1n) is 4.59. The van der Waals surface area contributed by atoms with Crippen molar-refractivity contribution in [3.8, 4) is 5.88 Å². The van der Waals surface area contributed by atoms with E-state index in [0.717, 1.165) is 13.7 Å². The fourth-order valence-electron chi connectivity index (χ4n) is 1.14. The molecule has 0 aromatic carbocycles. The molecule has 2 aromatic heterocycles. The number of hydrogen-bond acceptors (Lipinski definition) is 3. The lowest BCUT2D eigenvalue weighted by molar-refractivity contribution is 0.292. The number of rotatable bonds is 3. The summed E-state index contributed by atoms with van der Waals surface area (Å²) in [5, 5.41) is 0. The van der Waals surface area contributed by atoms with Crippen LogP contribution in [0.2, 0.25) is 0 Å². The topological polar surface area (TPSA) is 35.0 Å². The zero-order chi connectivity index (χ0) is 11.4. The fourth-order valence-corrected chi connectivity index (χ4v) is 1.97. The van der Waals surface area contributed by atoms with Crippen molar-refractivity contribution in [2.24, 2.45) is 0 Å². The van der Waals surface area contributed by atoms with Crippen LogP contribution in [0.1, 0.15) is 5.56 Å². The number of nitrogens with zero attached hydrogens (tertiary/aromatic N) is 2. The third kappa shape index (κ3) is 3.15. The summed E-state index contributed by atoms with van der Waals surface area (Å²) in [6.45, 7) is 0.504. The molecule has 0 saturated carbocycles. The van der Waals surface area contributed by atoms with Crippen LogP contribution in [0.4, 0.5) is 0 Å². The molecule has 0 amide bonds. The molecule has 0 spiro atoms. The van der Waals surface area contributed by atoms with Gasteiger partial charge in [-0.2, -0.15) is 0 Å². The average Bonchev–Trinajstić information content (AvgIpc) is 2.28. The minimum absolute atomic E-state index is 0.504. The largest absolute Gasteiger partial charge is 0.473 e. The Hall–Kier alpha value is -0.690. The van der Waals surface area contributed by atoms with E-state index in [1.807, 2.05) is 30.5 Å². The van der Waals surface area contributed by atoms with Gasteiger partial charge in [-0.05, 0) is 50.7 Å². The van der Waals surface area contributed by atoms with Crippen molar-refractivity contribution in [1.82, 2.24) is 9.97 Å². The van der Waals surface area contributed by atoms with E-state index in [2.05, 4.69) is 48.5 Å². The summed E-state index contributed by atoms with van der Waals surface area (Å²) in [7, 11) is 0. The van der Waals surface area contributed by atoms with Gasteiger partial charge in [-0.1, -0.05) is 6.07 Å². The summed E-state index contributed by atoms with van der Waals surface area (Å²) in [5.74, 6) is 0.613. The van der Waals surface area contributed by atoms with Crippen LogP contribution < -0.4 is 4.74 Å². The first-order valence-corrected chi connectivity index (χ1v) is 6.46. The van der Waals surface area contributed by atoms with Crippen LogP contribution in [0.25, 0.3) is 0 Å². The Morgan fingerprint density at radius 2 is 2.19 bits per heavy atom. The van der Waals surface area contributed by atoms with E-state index in [1.54, 1.807) is 6.20 Å². The van der Waals surface area contributed by atoms with Crippen LogP contribution >= 0.6 is 38.5 Å². The second-order valence-electron chi connectivity index (χ2n) is 3.05. The standard InChI is InChI=1S/C11H8BrIN2O/c12-10-2-1-3-11(15-10)16-7-8-4-5-14-6-9(8)13/h1-6H,7H2. The molecule has 0 fully saturated rings. The number of hydrogen-bond donors (Lipinski definition) is 0. The molecular formula is C11H8BrIN2O. The zero-order valence-corrected chi connectivity index (χ0v) is 12.0. The molecule has 2 aromatic rings. The monoisotopic (exact) mass is 390 g/mol. The van der Waals surface area contributed by atoms with Crippen LogP contribution in [0.3, 0.4) is 0 Å². The predicted octanol–water partition coefficient (Wildman–Crippen LogP) is 3.42. The Morgan fingerprint density at radius 1 is 1.31 bits per heavy atom. The van der Waals surface area contributed by atoms with Crippen molar-refractivity contribution in [3.63, 3.8) is 0 Å². The number of aromatic nitrogens is 2. The summed E-state index contributed by atoms with van der Waals surface area (Å²) in [6, 6.07) is 7.53. The summed E-state index contributed by atoms with van der Waals surface area (Å²) in [6.07, 6.45) is 3.57. The maximum atomic E-state index is 5.58. The van der Waals surface area contributed by atoms with Crippen LogP contribution in [-0.2, 0) is 6.61 Å². The van der Waals surface area contributed by atoms with E-state index < -0.39 is 0 Å². The van der Waals surface area contributed by atoms with E-state index in [4.69, 9.17) is 4.74 Å². The summed E-state index contributed by atoms with van der Waals surface area (Å²) in [5.41, 5.74) is 1.11. The molecule has 0 atom stereocenters. The fraction of sp³-hybridized carbons (Fsp3) is 0.0909. The van der Waals surface area contributed by atoms with Crippen LogP contribution in [0.15, 0.2) is 41.3 Å². The molecule has 0 radical (unpaired) electrons. The first-order chi connectivity index (χ1) is 7.75. The van der Waals surface area contributed by atoms with Crippen LogP contribution in [-0.4, -0.2) is 9.97 Å². The highest BCUT2D eigenvalue weighted by Gasteiger charge is 2.01. The lowest BCUT2D eigenvalue weighted by Crippen LogP contribution is -1.99. The highest BCUT2D eigenvalue weighted by molar-refractivity contribution is 14.1. The molecule has 2 rings (SSSR count). The smallest absolute Gasteiger partial charge is 0.214 e. The first kappa shape index (κ1) is 11.8. The Morgan fingerprint density at radius 3 is 2.94 bits per heavy atom. The van der Waals surface area contributed by atoms with E-state index in [9.17, 15) is 0 Å². The number of halogens is 2. The van der Waals surface area contributed by atoms with Gasteiger partial charge in [0.2, 0.25) is 5.88 Å². The lowest BCUT2D eigenvalue weighted by Gasteiger charge is -2.06. The molecule has 3 nitrogen and oxygen atoms in total. The van der Waals surface area contributed by atoms with Gasteiger partial charge in [0.25, 0.3) is 0 Å². The molecule has 2 heterocycles. The second kappa shape index (κ2) is 5.58. The van der Waals surface area contributed by atoms with Gasteiger partial charge in [0.1, 0.15) is 11.2 Å². The normalized spacial score (nSPS) is 10.1. The molecule has 0 bridgehead atoms. The van der Waals surface area contributed by atoms with Gasteiger partial charge in [0.15, 0.2) is 0 Å². The molecule has 16 heavy (non-hydrogen) atoms. The summed E-state index contributed by atoms with van der Waals surface area (Å²) >= 11 is 5.54. The Kier molecular flexibility index (Phi) is 4.11. The minimum atomic E-state index is 0.504. The molecule has 82 valence electrons. The molecule has 0 N–H and O–H groups in total. The number of ether oxygens (including phenoxy) is 1. The van der Waals surface area contributed by atoms with Crippen molar-refractivity contribution in [2.45, 2.75) is 6.61 Å². The molecular weight excluding hydrogens is 383 g/mol. The van der Waals surface area contributed by atoms with Gasteiger partial charge < -0.3 is 4.74 Å². The molecule has 0 aliphatic heterocycles. The van der Waals surface area contributed by atoms with E-state index in [1.165, 1.54) is 0 Å². The van der Waals surface area contributed by atoms with Crippen molar-refractivity contribution in [2.75, 3.05) is 0 Å².